The molecule has 7 nitrogen and oxygen atoms in total. The van der Waals surface area contributed by atoms with E-state index in [1.54, 1.807) is 12.1 Å². The third-order valence-electron chi connectivity index (χ3n) is 2.68. The SMILES string of the molecule is O=C(COc1ccc(Cl)cc1Cl)O/N=C\c1cccc([N+](=O)[O-])c1. The first-order chi connectivity index (χ1) is 11.5. The molecule has 2 aromatic carbocycles. The molecule has 0 aliphatic heterocycles. The summed E-state index contributed by atoms with van der Waals surface area (Å²) in [6.07, 6.45) is 1.18. The molecule has 0 saturated heterocycles. The minimum Gasteiger partial charge on any atom is -0.480 e. The van der Waals surface area contributed by atoms with E-state index in [0.29, 0.717) is 10.6 Å². The van der Waals surface area contributed by atoms with Crippen LogP contribution in [0.2, 0.25) is 10.0 Å². The predicted molar refractivity (Wildman–Crippen MR) is 88.7 cm³/mol. The highest BCUT2D eigenvalue weighted by atomic mass is 35.5. The fourth-order valence-electron chi connectivity index (χ4n) is 1.62. The Morgan fingerprint density at radius 2 is 2.04 bits per heavy atom. The second kappa shape index (κ2) is 8.28. The second-order valence-electron chi connectivity index (χ2n) is 4.41. The predicted octanol–water partition coefficient (Wildman–Crippen LogP) is 3.86. The van der Waals surface area contributed by atoms with Crippen molar-refractivity contribution in [3.8, 4) is 5.75 Å². The normalized spacial score (nSPS) is 10.6. The third-order valence-corrected chi connectivity index (χ3v) is 3.21. The maximum absolute atomic E-state index is 11.5. The lowest BCUT2D eigenvalue weighted by Crippen LogP contribution is -2.12. The Morgan fingerprint density at radius 3 is 2.75 bits per heavy atom. The van der Waals surface area contributed by atoms with Crippen molar-refractivity contribution in [2.45, 2.75) is 0 Å². The molecule has 0 aliphatic rings. The third kappa shape index (κ3) is 5.22. The van der Waals surface area contributed by atoms with Gasteiger partial charge in [0.05, 0.1) is 16.2 Å². The monoisotopic (exact) mass is 368 g/mol. The summed E-state index contributed by atoms with van der Waals surface area (Å²) in [6.45, 7) is -0.409. The van der Waals surface area contributed by atoms with Crippen LogP contribution in [-0.4, -0.2) is 23.7 Å². The van der Waals surface area contributed by atoms with Gasteiger partial charge in [-0.25, -0.2) is 4.79 Å². The largest absolute Gasteiger partial charge is 0.480 e. The second-order valence-corrected chi connectivity index (χ2v) is 5.26. The summed E-state index contributed by atoms with van der Waals surface area (Å²) < 4.78 is 5.18. The number of hydrogen-bond donors (Lipinski definition) is 0. The van der Waals surface area contributed by atoms with Crippen LogP contribution in [0.15, 0.2) is 47.6 Å². The van der Waals surface area contributed by atoms with Crippen molar-refractivity contribution >= 4 is 41.1 Å². The maximum Gasteiger partial charge on any atom is 0.372 e. The van der Waals surface area contributed by atoms with Crippen LogP contribution in [0.1, 0.15) is 5.56 Å². The van der Waals surface area contributed by atoms with E-state index in [2.05, 4.69) is 9.99 Å². The van der Waals surface area contributed by atoms with Crippen LogP contribution in [0.5, 0.6) is 5.75 Å². The molecule has 0 unspecified atom stereocenters. The van der Waals surface area contributed by atoms with E-state index in [1.165, 1.54) is 36.5 Å². The van der Waals surface area contributed by atoms with E-state index < -0.39 is 17.5 Å². The fourth-order valence-corrected chi connectivity index (χ4v) is 2.08. The molecule has 0 N–H and O–H groups in total. The fraction of sp³-hybridized carbons (Fsp3) is 0.0667. The van der Waals surface area contributed by atoms with Gasteiger partial charge in [0.2, 0.25) is 0 Å². The van der Waals surface area contributed by atoms with Crippen LogP contribution in [0.25, 0.3) is 0 Å². The Labute approximate surface area is 146 Å². The van der Waals surface area contributed by atoms with Gasteiger partial charge in [-0.2, -0.15) is 0 Å². The molecule has 2 rings (SSSR count). The molecule has 0 spiro atoms. The first kappa shape index (κ1) is 17.7. The molecule has 24 heavy (non-hydrogen) atoms. The van der Waals surface area contributed by atoms with Gasteiger partial charge in [-0.1, -0.05) is 40.5 Å². The summed E-state index contributed by atoms with van der Waals surface area (Å²) in [5, 5.41) is 14.8. The Morgan fingerprint density at radius 1 is 1.25 bits per heavy atom. The molecular weight excluding hydrogens is 359 g/mol. The van der Waals surface area contributed by atoms with E-state index in [4.69, 9.17) is 27.9 Å². The molecule has 0 fully saturated rings. The van der Waals surface area contributed by atoms with Crippen molar-refractivity contribution in [3.63, 3.8) is 0 Å². The van der Waals surface area contributed by atoms with Crippen molar-refractivity contribution in [2.24, 2.45) is 5.16 Å². The van der Waals surface area contributed by atoms with Gasteiger partial charge >= 0.3 is 5.97 Å². The van der Waals surface area contributed by atoms with Crippen LogP contribution in [0.3, 0.4) is 0 Å². The summed E-state index contributed by atoms with van der Waals surface area (Å²) in [7, 11) is 0. The van der Waals surface area contributed by atoms with Gasteiger partial charge in [-0.3, -0.25) is 10.1 Å². The van der Waals surface area contributed by atoms with E-state index in [9.17, 15) is 14.9 Å². The Kier molecular flexibility index (Phi) is 6.11. The summed E-state index contributed by atoms with van der Waals surface area (Å²) in [4.78, 5) is 26.2. The quantitative estimate of drug-likeness (QED) is 0.334. The zero-order valence-corrected chi connectivity index (χ0v) is 13.5. The first-order valence-corrected chi connectivity index (χ1v) is 7.27. The van der Waals surface area contributed by atoms with Crippen LogP contribution in [-0.2, 0) is 9.63 Å². The lowest BCUT2D eigenvalue weighted by Gasteiger charge is -2.06. The van der Waals surface area contributed by atoms with Gasteiger partial charge in [0.25, 0.3) is 5.69 Å². The number of nitro groups is 1. The number of nitro benzene ring substituents is 1. The molecule has 0 radical (unpaired) electrons. The average Bonchev–Trinajstić information content (AvgIpc) is 2.54. The van der Waals surface area contributed by atoms with Crippen molar-refractivity contribution in [1.29, 1.82) is 0 Å². The summed E-state index contributed by atoms with van der Waals surface area (Å²) in [5.41, 5.74) is 0.324. The Bertz CT molecular complexity index is 795. The number of carbonyl (C=O) groups is 1. The van der Waals surface area contributed by atoms with Gasteiger partial charge in [-0.05, 0) is 18.2 Å². The van der Waals surface area contributed by atoms with Crippen molar-refractivity contribution in [3.05, 3.63) is 68.2 Å². The summed E-state index contributed by atoms with van der Waals surface area (Å²) in [6, 6.07) is 10.3. The molecule has 0 heterocycles. The van der Waals surface area contributed by atoms with Crippen LogP contribution in [0, 0.1) is 10.1 Å². The number of benzene rings is 2. The molecule has 0 amide bonds. The molecule has 0 aliphatic carbocycles. The molecule has 9 heteroatoms. The first-order valence-electron chi connectivity index (χ1n) is 6.51. The average molecular weight is 369 g/mol. The number of rotatable bonds is 6. The zero-order chi connectivity index (χ0) is 17.5. The molecule has 124 valence electrons. The number of hydrogen-bond acceptors (Lipinski definition) is 6. The van der Waals surface area contributed by atoms with Crippen LogP contribution in [0.4, 0.5) is 5.69 Å². The number of non-ortho nitro benzene ring substituents is 1. The lowest BCUT2D eigenvalue weighted by atomic mass is 10.2. The minimum absolute atomic E-state index is 0.0917. The van der Waals surface area contributed by atoms with E-state index >= 15 is 0 Å². The van der Waals surface area contributed by atoms with E-state index in [0.717, 1.165) is 0 Å². The highest BCUT2D eigenvalue weighted by molar-refractivity contribution is 6.35. The highest BCUT2D eigenvalue weighted by Gasteiger charge is 2.08. The minimum atomic E-state index is -0.761. The van der Waals surface area contributed by atoms with E-state index in [-0.39, 0.29) is 16.5 Å². The molecule has 0 atom stereocenters. The van der Waals surface area contributed by atoms with Crippen molar-refractivity contribution < 1.29 is 19.3 Å². The van der Waals surface area contributed by atoms with Gasteiger partial charge in [-0.15, -0.1) is 0 Å². The lowest BCUT2D eigenvalue weighted by molar-refractivity contribution is -0.384. The standard InChI is InChI=1S/C15H10Cl2N2O5/c16-11-4-5-14(13(17)7-11)23-9-15(20)24-18-8-10-2-1-3-12(6-10)19(21)22/h1-8H,9H2/b18-8-. The van der Waals surface area contributed by atoms with Gasteiger partial charge in [0.1, 0.15) is 5.75 Å². The number of oxime groups is 1. The maximum atomic E-state index is 11.5. The smallest absolute Gasteiger partial charge is 0.372 e. The Hall–Kier alpha value is -2.64. The van der Waals surface area contributed by atoms with Gasteiger partial charge < -0.3 is 9.57 Å². The molecule has 2 aromatic rings. The zero-order valence-electron chi connectivity index (χ0n) is 12.0. The Balaban J connectivity index is 1.86. The molecule has 0 bridgehead atoms. The van der Waals surface area contributed by atoms with Crippen molar-refractivity contribution in [1.82, 2.24) is 0 Å². The highest BCUT2D eigenvalue weighted by Crippen LogP contribution is 2.27. The summed E-state index contributed by atoms with van der Waals surface area (Å²) in [5.74, 6) is -0.483. The van der Waals surface area contributed by atoms with Crippen molar-refractivity contribution in [2.75, 3.05) is 6.61 Å². The van der Waals surface area contributed by atoms with Gasteiger partial charge in [0, 0.05) is 22.7 Å². The number of carbonyl (C=O) groups excluding carboxylic acids is 1. The molecule has 0 saturated carbocycles. The van der Waals surface area contributed by atoms with Gasteiger partial charge in [0.15, 0.2) is 6.61 Å². The molecule has 0 aromatic heterocycles. The topological polar surface area (TPSA) is 91.0 Å². The summed E-state index contributed by atoms with van der Waals surface area (Å²) >= 11 is 11.6. The molecular formula is C15H10Cl2N2O5. The van der Waals surface area contributed by atoms with Crippen LogP contribution >= 0.6 is 23.2 Å². The van der Waals surface area contributed by atoms with E-state index in [1.807, 2.05) is 0 Å². The number of nitrogens with zero attached hydrogens (tertiary/aromatic N) is 2. The number of halogens is 2. The van der Waals surface area contributed by atoms with Crippen LogP contribution < -0.4 is 4.74 Å². The number of ether oxygens (including phenoxy) is 1.